The second-order valence-corrected chi connectivity index (χ2v) is 2.19. The standard InChI is InChI=1S/C2H2FO3S/c3-7(5,6)2-1-4/h2H2. The highest BCUT2D eigenvalue weighted by Crippen LogP contribution is 1.84. The van der Waals surface area contributed by atoms with Crippen LogP contribution in [-0.4, -0.2) is 20.5 Å². The maximum absolute atomic E-state index is 11.1. The second-order valence-electron chi connectivity index (χ2n) is 0.828. The molecule has 0 fully saturated rings. The van der Waals surface area contributed by atoms with Gasteiger partial charge in [0.25, 0.3) is 0 Å². The van der Waals surface area contributed by atoms with E-state index in [1.54, 1.807) is 0 Å². The van der Waals surface area contributed by atoms with Gasteiger partial charge in [0, 0.05) is 0 Å². The van der Waals surface area contributed by atoms with Gasteiger partial charge in [0.1, 0.15) is 5.75 Å². The molecule has 1 radical (unpaired) electrons. The first-order valence-electron chi connectivity index (χ1n) is 1.33. The van der Waals surface area contributed by atoms with Crippen LogP contribution in [0, 0.1) is 0 Å². The number of hydrogen-bond acceptors (Lipinski definition) is 3. The lowest BCUT2D eigenvalue weighted by atomic mass is 10.9. The highest BCUT2D eigenvalue weighted by atomic mass is 32.3. The average molecular weight is 125 g/mol. The summed E-state index contributed by atoms with van der Waals surface area (Å²) in [7, 11) is -4.60. The second kappa shape index (κ2) is 2.02. The van der Waals surface area contributed by atoms with E-state index in [2.05, 4.69) is 0 Å². The van der Waals surface area contributed by atoms with E-state index in [4.69, 9.17) is 4.79 Å². The molecule has 7 heavy (non-hydrogen) atoms. The third-order valence-corrected chi connectivity index (χ3v) is 0.694. The van der Waals surface area contributed by atoms with Crippen molar-refractivity contribution < 1.29 is 17.1 Å². The summed E-state index contributed by atoms with van der Waals surface area (Å²) in [6, 6.07) is 0. The van der Waals surface area contributed by atoms with E-state index in [0.717, 1.165) is 6.29 Å². The highest BCUT2D eigenvalue weighted by Gasteiger charge is 2.03. The number of rotatable bonds is 2. The van der Waals surface area contributed by atoms with E-state index in [0.29, 0.717) is 0 Å². The Morgan fingerprint density at radius 3 is 2.00 bits per heavy atom. The molecule has 0 aromatic heterocycles. The summed E-state index contributed by atoms with van der Waals surface area (Å²) in [4.78, 5) is 9.08. The molecule has 0 amide bonds. The van der Waals surface area contributed by atoms with Gasteiger partial charge in [0.2, 0.25) is 6.29 Å². The fraction of sp³-hybridized carbons (Fsp3) is 0.500. The summed E-state index contributed by atoms with van der Waals surface area (Å²) in [6.07, 6.45) is 0.895. The summed E-state index contributed by atoms with van der Waals surface area (Å²) in [6.45, 7) is 0. The minimum absolute atomic E-state index is 0.895. The molecule has 3 nitrogen and oxygen atoms in total. The Bertz CT molecular complexity index is 146. The molecule has 0 N–H and O–H groups in total. The quantitative estimate of drug-likeness (QED) is 0.463. The minimum atomic E-state index is -4.60. The predicted octanol–water partition coefficient (Wildman–Crippen LogP) is -0.605. The van der Waals surface area contributed by atoms with Crippen LogP contribution in [0.5, 0.6) is 0 Å². The minimum Gasteiger partial charge on any atom is -0.290 e. The fourth-order valence-electron chi connectivity index (χ4n) is 0.0704. The zero-order chi connectivity index (χ0) is 5.91. The Kier molecular flexibility index (Phi) is 1.89. The largest absolute Gasteiger partial charge is 0.310 e. The van der Waals surface area contributed by atoms with E-state index in [1.807, 2.05) is 0 Å². The van der Waals surface area contributed by atoms with Gasteiger partial charge in [0.15, 0.2) is 0 Å². The number of hydrogen-bond donors (Lipinski definition) is 0. The lowest BCUT2D eigenvalue weighted by Crippen LogP contribution is -1.97. The molecule has 0 aromatic rings. The van der Waals surface area contributed by atoms with Gasteiger partial charge in [0.05, 0.1) is 0 Å². The maximum atomic E-state index is 11.1. The summed E-state index contributed by atoms with van der Waals surface area (Å²) in [5.74, 6) is -1.16. The molecule has 0 aliphatic rings. The Hall–Kier alpha value is -0.450. The van der Waals surface area contributed by atoms with Crippen molar-refractivity contribution >= 4 is 16.5 Å². The van der Waals surface area contributed by atoms with Crippen molar-refractivity contribution in [3.8, 4) is 0 Å². The van der Waals surface area contributed by atoms with Crippen LogP contribution in [0.4, 0.5) is 3.89 Å². The maximum Gasteiger partial charge on any atom is 0.310 e. The molecule has 0 rings (SSSR count). The van der Waals surface area contributed by atoms with Crippen LogP contribution < -0.4 is 0 Å². The lowest BCUT2D eigenvalue weighted by molar-refractivity contribution is 0.544. The van der Waals surface area contributed by atoms with Crippen LogP contribution in [0.15, 0.2) is 0 Å². The average Bonchev–Trinajstić information content (AvgIpc) is 1.30. The van der Waals surface area contributed by atoms with Crippen LogP contribution >= 0.6 is 0 Å². The molecule has 0 saturated heterocycles. The van der Waals surface area contributed by atoms with Crippen molar-refractivity contribution in [2.75, 3.05) is 5.75 Å². The molecule has 0 atom stereocenters. The first kappa shape index (κ1) is 6.55. The lowest BCUT2D eigenvalue weighted by Gasteiger charge is -1.74. The van der Waals surface area contributed by atoms with E-state index in [9.17, 15) is 12.3 Å². The number of halogens is 1. The topological polar surface area (TPSA) is 51.2 Å². The molecule has 0 bridgehead atoms. The van der Waals surface area contributed by atoms with E-state index in [1.165, 1.54) is 0 Å². The number of carbonyl (C=O) groups excluding carboxylic acids is 1. The van der Waals surface area contributed by atoms with Crippen molar-refractivity contribution in [1.82, 2.24) is 0 Å². The van der Waals surface area contributed by atoms with Crippen molar-refractivity contribution in [2.24, 2.45) is 0 Å². The molecule has 0 heterocycles. The monoisotopic (exact) mass is 125 g/mol. The molecule has 0 unspecified atom stereocenters. The first-order valence-corrected chi connectivity index (χ1v) is 2.89. The third-order valence-electron chi connectivity index (χ3n) is 0.231. The van der Waals surface area contributed by atoms with E-state index >= 15 is 0 Å². The van der Waals surface area contributed by atoms with Gasteiger partial charge in [-0.05, 0) is 0 Å². The summed E-state index contributed by atoms with van der Waals surface area (Å²) < 4.78 is 29.7. The molecule has 0 aliphatic heterocycles. The Morgan fingerprint density at radius 2 is 2.00 bits per heavy atom. The van der Waals surface area contributed by atoms with Gasteiger partial charge in [-0.2, -0.15) is 8.42 Å². The van der Waals surface area contributed by atoms with Gasteiger partial charge in [-0.15, -0.1) is 3.89 Å². The summed E-state index contributed by atoms with van der Waals surface area (Å²) in [5, 5.41) is 0. The summed E-state index contributed by atoms with van der Waals surface area (Å²) in [5.41, 5.74) is 0. The van der Waals surface area contributed by atoms with Crippen molar-refractivity contribution in [2.45, 2.75) is 0 Å². The first-order chi connectivity index (χ1) is 3.06. The fourth-order valence-corrected chi connectivity index (χ4v) is 0.211. The molecular formula is C2H2FO3S. The zero-order valence-electron chi connectivity index (χ0n) is 3.22. The van der Waals surface area contributed by atoms with Crippen LogP contribution in [0.1, 0.15) is 0 Å². The highest BCUT2D eigenvalue weighted by molar-refractivity contribution is 7.86. The Balaban J connectivity index is 3.84. The Labute approximate surface area is 40.4 Å². The molecule has 0 spiro atoms. The van der Waals surface area contributed by atoms with Gasteiger partial charge in [-0.1, -0.05) is 0 Å². The van der Waals surface area contributed by atoms with Crippen molar-refractivity contribution in [3.63, 3.8) is 0 Å². The normalized spacial score (nSPS) is 11.0. The van der Waals surface area contributed by atoms with E-state index < -0.39 is 16.0 Å². The van der Waals surface area contributed by atoms with Gasteiger partial charge >= 0.3 is 10.2 Å². The Morgan fingerprint density at radius 1 is 1.57 bits per heavy atom. The summed E-state index contributed by atoms with van der Waals surface area (Å²) >= 11 is 0. The predicted molar refractivity (Wildman–Crippen MR) is 20.6 cm³/mol. The molecule has 0 aromatic carbocycles. The van der Waals surface area contributed by atoms with Gasteiger partial charge in [-0.25, -0.2) is 0 Å². The van der Waals surface area contributed by atoms with Crippen LogP contribution in [0.25, 0.3) is 0 Å². The molecule has 0 saturated carbocycles. The molecule has 0 aliphatic carbocycles. The van der Waals surface area contributed by atoms with Gasteiger partial charge < -0.3 is 0 Å². The van der Waals surface area contributed by atoms with Crippen LogP contribution in [0.3, 0.4) is 0 Å². The van der Waals surface area contributed by atoms with Crippen LogP contribution in [-0.2, 0) is 15.0 Å². The third kappa shape index (κ3) is 5.55. The van der Waals surface area contributed by atoms with Crippen LogP contribution in [0.2, 0.25) is 0 Å². The van der Waals surface area contributed by atoms with Crippen molar-refractivity contribution in [1.29, 1.82) is 0 Å². The SMILES string of the molecule is O=[C]CS(=O)(=O)F. The molecular weight excluding hydrogens is 123 g/mol. The zero-order valence-corrected chi connectivity index (χ0v) is 4.03. The van der Waals surface area contributed by atoms with E-state index in [-0.39, 0.29) is 0 Å². The molecule has 41 valence electrons. The van der Waals surface area contributed by atoms with Crippen molar-refractivity contribution in [3.05, 3.63) is 0 Å². The molecule has 5 heteroatoms. The van der Waals surface area contributed by atoms with Gasteiger partial charge in [-0.3, -0.25) is 4.79 Å². The smallest absolute Gasteiger partial charge is 0.290 e.